The molecule has 0 bridgehead atoms. The Kier molecular flexibility index (Phi) is 9.10. The number of carbonyl (C=O) groups excluding carboxylic acids is 3. The Balaban J connectivity index is 1.30. The molecule has 4 N–H and O–H groups in total. The Labute approximate surface area is 272 Å². The summed E-state index contributed by atoms with van der Waals surface area (Å²) >= 11 is 7.12. The van der Waals surface area contributed by atoms with Crippen LogP contribution >= 0.6 is 11.6 Å². The number of aromatic nitrogens is 1. The van der Waals surface area contributed by atoms with E-state index in [0.29, 0.717) is 48.2 Å². The maximum absolute atomic E-state index is 13.0. The second-order valence-corrected chi connectivity index (χ2v) is 12.1. The van der Waals surface area contributed by atoms with E-state index in [9.17, 15) is 14.4 Å². The molecule has 0 radical (unpaired) electrons. The van der Waals surface area contributed by atoms with Crippen LogP contribution in [0.25, 0.3) is 22.4 Å². The number of hydrogen-bond donors (Lipinski definition) is 4. The van der Waals surface area contributed by atoms with Gasteiger partial charge in [-0.25, -0.2) is 10.4 Å². The van der Waals surface area contributed by atoms with Crippen molar-refractivity contribution < 1.29 is 23.9 Å². The molecule has 0 unspecified atom stereocenters. The number of pyridine rings is 1. The normalized spacial score (nSPS) is 20.8. The molecule has 6 rings (SSSR count). The summed E-state index contributed by atoms with van der Waals surface area (Å²) in [5.74, 6) is -0.291. The van der Waals surface area contributed by atoms with Gasteiger partial charge in [0.15, 0.2) is 0 Å². The predicted octanol–water partition coefficient (Wildman–Crippen LogP) is 3.71. The molecular formula is C34H37ClN6O5. The molecule has 1 aromatic heterocycles. The summed E-state index contributed by atoms with van der Waals surface area (Å²) in [6, 6.07) is 13.3. The molecular weight excluding hydrogens is 608 g/mol. The summed E-state index contributed by atoms with van der Waals surface area (Å²) in [6.45, 7) is 2.91. The number of hydrogen-bond acceptors (Lipinski definition) is 8. The van der Waals surface area contributed by atoms with E-state index in [-0.39, 0.29) is 29.7 Å². The minimum absolute atomic E-state index is 0.0787. The Morgan fingerprint density at radius 2 is 1.89 bits per heavy atom. The first kappa shape index (κ1) is 31.7. The molecule has 1 fully saturated rings. The molecule has 3 aromatic rings. The van der Waals surface area contributed by atoms with Crippen molar-refractivity contribution >= 4 is 35.0 Å². The number of carbonyl (C=O) groups is 3. The quantitative estimate of drug-likeness (QED) is 0.259. The number of rotatable bonds is 9. The maximum atomic E-state index is 13.0. The van der Waals surface area contributed by atoms with E-state index in [1.807, 2.05) is 43.3 Å². The van der Waals surface area contributed by atoms with Gasteiger partial charge in [-0.15, -0.1) is 0 Å². The first-order chi connectivity index (χ1) is 22.2. The number of nitrogens with one attached hydrogen (secondary N) is 4. The number of benzene rings is 2. The molecule has 11 nitrogen and oxygen atoms in total. The topological polar surface area (TPSA) is 134 Å². The van der Waals surface area contributed by atoms with E-state index < -0.39 is 11.8 Å². The van der Waals surface area contributed by atoms with Crippen LogP contribution in [0, 0.1) is 6.92 Å². The van der Waals surface area contributed by atoms with E-state index in [0.717, 1.165) is 39.8 Å². The van der Waals surface area contributed by atoms with Crippen molar-refractivity contribution in [2.45, 2.75) is 44.4 Å². The van der Waals surface area contributed by atoms with Crippen molar-refractivity contribution in [1.82, 2.24) is 26.1 Å². The molecule has 1 saturated heterocycles. The SMILES string of the molecule is COc1nc(-c2cccc(-c3cccc(NC(=O)C4=CCNN(C)C4=O)c3C)c2Cl)cc2c1[C@@H](NC[C@@H]1CCC(=O)N1)[C@H](OC)C2. The zero-order valence-electron chi connectivity index (χ0n) is 26.2. The molecule has 0 spiro atoms. The highest BCUT2D eigenvalue weighted by atomic mass is 35.5. The van der Waals surface area contributed by atoms with Crippen LogP contribution in [0.1, 0.15) is 35.6 Å². The number of amides is 3. The summed E-state index contributed by atoms with van der Waals surface area (Å²) in [5.41, 5.74) is 9.36. The Morgan fingerprint density at radius 1 is 1.13 bits per heavy atom. The molecule has 1 aliphatic carbocycles. The van der Waals surface area contributed by atoms with Crippen LogP contribution in [0.15, 0.2) is 54.1 Å². The number of ether oxygens (including phenoxy) is 2. The summed E-state index contributed by atoms with van der Waals surface area (Å²) < 4.78 is 11.7. The van der Waals surface area contributed by atoms with E-state index >= 15 is 0 Å². The molecule has 3 atom stereocenters. The highest BCUT2D eigenvalue weighted by molar-refractivity contribution is 6.36. The zero-order valence-corrected chi connectivity index (χ0v) is 27.0. The van der Waals surface area contributed by atoms with Gasteiger partial charge in [0.25, 0.3) is 11.8 Å². The lowest BCUT2D eigenvalue weighted by Gasteiger charge is -2.24. The average molecular weight is 645 g/mol. The van der Waals surface area contributed by atoms with Gasteiger partial charge >= 0.3 is 0 Å². The van der Waals surface area contributed by atoms with E-state index in [2.05, 4.69) is 21.4 Å². The van der Waals surface area contributed by atoms with Gasteiger partial charge in [-0.1, -0.05) is 48.0 Å². The van der Waals surface area contributed by atoms with Crippen molar-refractivity contribution in [1.29, 1.82) is 0 Å². The first-order valence-corrected chi connectivity index (χ1v) is 15.6. The van der Waals surface area contributed by atoms with Gasteiger partial charge in [-0.3, -0.25) is 19.4 Å². The van der Waals surface area contributed by atoms with Gasteiger partial charge in [0.05, 0.1) is 30.0 Å². The Hall–Kier alpha value is -4.29. The number of nitrogens with zero attached hydrogens (tertiary/aromatic N) is 2. The summed E-state index contributed by atoms with van der Waals surface area (Å²) in [6.07, 6.45) is 3.46. The second-order valence-electron chi connectivity index (χ2n) is 11.7. The minimum atomic E-state index is -0.469. The standard InChI is InChI=1S/C34H37ClN6O5/c1-18-21(7-6-10-25(18)39-32(43)24-13-14-37-41(2)34(24)44)22-8-5-9-23(30(22)35)26-15-19-16-27(45-3)31(29(19)33(40-26)46-4)36-17-20-11-12-28(42)38-20/h5-10,13,15,20,27,31,36-37H,11-12,14,16-17H2,1-4H3,(H,38,42)(H,39,43)/t20-,27+,31-/m0/s1. The lowest BCUT2D eigenvalue weighted by molar-refractivity contribution is -0.131. The first-order valence-electron chi connectivity index (χ1n) is 15.2. The average Bonchev–Trinajstić information content (AvgIpc) is 3.64. The lowest BCUT2D eigenvalue weighted by Crippen LogP contribution is -2.46. The number of anilines is 1. The van der Waals surface area contributed by atoms with E-state index in [1.54, 1.807) is 33.4 Å². The Bertz CT molecular complexity index is 1740. The smallest absolute Gasteiger partial charge is 0.273 e. The third-order valence-corrected chi connectivity index (χ3v) is 9.35. The fraction of sp³-hybridized carbons (Fsp3) is 0.353. The van der Waals surface area contributed by atoms with Gasteiger partial charge < -0.3 is 25.4 Å². The summed E-state index contributed by atoms with van der Waals surface area (Å²) in [4.78, 5) is 42.1. The largest absolute Gasteiger partial charge is 0.481 e. The van der Waals surface area contributed by atoms with Crippen molar-refractivity contribution in [2.24, 2.45) is 0 Å². The van der Waals surface area contributed by atoms with Crippen LogP contribution in [0.5, 0.6) is 5.88 Å². The van der Waals surface area contributed by atoms with E-state index in [1.165, 1.54) is 5.01 Å². The molecule has 240 valence electrons. The molecule has 3 aliphatic rings. The molecule has 12 heteroatoms. The van der Waals surface area contributed by atoms with Gasteiger partial charge in [0.2, 0.25) is 11.8 Å². The monoisotopic (exact) mass is 644 g/mol. The number of methoxy groups -OCH3 is 2. The number of likely N-dealkylation sites (N-methyl/N-ethyl adjacent to an activating group) is 1. The van der Waals surface area contributed by atoms with Crippen molar-refractivity contribution in [3.05, 3.63) is 75.8 Å². The minimum Gasteiger partial charge on any atom is -0.481 e. The van der Waals surface area contributed by atoms with Crippen molar-refractivity contribution in [2.75, 3.05) is 39.7 Å². The Morgan fingerprint density at radius 3 is 2.63 bits per heavy atom. The van der Waals surface area contributed by atoms with E-state index in [4.69, 9.17) is 26.1 Å². The van der Waals surface area contributed by atoms with Crippen LogP contribution < -0.4 is 26.1 Å². The fourth-order valence-electron chi connectivity index (χ4n) is 6.45. The van der Waals surface area contributed by atoms with Gasteiger partial charge in [-0.05, 0) is 42.2 Å². The van der Waals surface area contributed by atoms with Gasteiger partial charge in [0, 0.05) is 68.5 Å². The van der Waals surface area contributed by atoms with Crippen molar-refractivity contribution in [3.8, 4) is 28.3 Å². The van der Waals surface area contributed by atoms with Crippen LogP contribution in [0.4, 0.5) is 5.69 Å². The second kappa shape index (κ2) is 13.2. The summed E-state index contributed by atoms with van der Waals surface area (Å²) in [7, 11) is 4.88. The highest BCUT2D eigenvalue weighted by Crippen LogP contribution is 2.43. The van der Waals surface area contributed by atoms with Crippen LogP contribution in [-0.4, -0.2) is 74.2 Å². The van der Waals surface area contributed by atoms with Crippen LogP contribution in [-0.2, 0) is 25.5 Å². The molecule has 3 heterocycles. The van der Waals surface area contributed by atoms with Crippen LogP contribution in [0.2, 0.25) is 5.02 Å². The molecule has 2 aliphatic heterocycles. The lowest BCUT2D eigenvalue weighted by atomic mass is 9.96. The maximum Gasteiger partial charge on any atom is 0.273 e. The number of halogens is 1. The number of fused-ring (bicyclic) bond motifs is 1. The highest BCUT2D eigenvalue weighted by Gasteiger charge is 2.37. The number of hydrazine groups is 1. The molecule has 2 aromatic carbocycles. The molecule has 3 amide bonds. The van der Waals surface area contributed by atoms with Gasteiger partial charge in [-0.2, -0.15) is 0 Å². The zero-order chi connectivity index (χ0) is 32.5. The van der Waals surface area contributed by atoms with Crippen molar-refractivity contribution in [3.63, 3.8) is 0 Å². The molecule has 0 saturated carbocycles. The summed E-state index contributed by atoms with van der Waals surface area (Å²) in [5, 5.41) is 11.3. The third kappa shape index (κ3) is 5.99. The third-order valence-electron chi connectivity index (χ3n) is 8.94. The van der Waals surface area contributed by atoms with Gasteiger partial charge in [0.1, 0.15) is 5.57 Å². The molecule has 46 heavy (non-hydrogen) atoms. The predicted molar refractivity (Wildman–Crippen MR) is 175 cm³/mol. The fourth-order valence-corrected chi connectivity index (χ4v) is 6.78. The van der Waals surface area contributed by atoms with Crippen LogP contribution in [0.3, 0.4) is 0 Å².